The van der Waals surface area contributed by atoms with Crippen LogP contribution in [0.1, 0.15) is 46.5 Å². The second-order valence-electron chi connectivity index (χ2n) is 9.84. The van der Waals surface area contributed by atoms with Crippen molar-refractivity contribution < 1.29 is 14.3 Å². The molecule has 3 heterocycles. The highest BCUT2D eigenvalue weighted by Crippen LogP contribution is 2.34. The molecule has 3 fully saturated rings. The van der Waals surface area contributed by atoms with E-state index in [1.807, 2.05) is 25.7 Å². The van der Waals surface area contributed by atoms with E-state index in [-0.39, 0.29) is 12.0 Å². The van der Waals surface area contributed by atoms with Crippen LogP contribution in [-0.2, 0) is 9.53 Å². The van der Waals surface area contributed by atoms with Gasteiger partial charge in [-0.25, -0.2) is 4.79 Å². The van der Waals surface area contributed by atoms with Gasteiger partial charge in [-0.15, -0.1) is 0 Å². The van der Waals surface area contributed by atoms with E-state index < -0.39 is 11.0 Å². The number of likely N-dealkylation sites (tertiary alicyclic amines) is 2. The van der Waals surface area contributed by atoms with Crippen LogP contribution in [0.4, 0.5) is 4.79 Å². The average Bonchev–Trinajstić information content (AvgIpc) is 3.24. The van der Waals surface area contributed by atoms with Crippen LogP contribution in [0.3, 0.4) is 0 Å². The third-order valence-electron chi connectivity index (χ3n) is 6.48. The highest BCUT2D eigenvalue weighted by molar-refractivity contribution is 5.86. The van der Waals surface area contributed by atoms with Crippen molar-refractivity contribution in [2.24, 2.45) is 5.41 Å². The van der Waals surface area contributed by atoms with E-state index in [1.165, 1.54) is 25.9 Å². The van der Waals surface area contributed by atoms with Crippen molar-refractivity contribution in [1.82, 2.24) is 19.6 Å². The zero-order chi connectivity index (χ0) is 21.8. The predicted molar refractivity (Wildman–Crippen MR) is 114 cm³/mol. The maximum atomic E-state index is 13.2. The summed E-state index contributed by atoms with van der Waals surface area (Å²) in [6.07, 6.45) is 2.99. The molecule has 0 aromatic carbocycles. The number of nitriles is 1. The van der Waals surface area contributed by atoms with Gasteiger partial charge in [-0.2, -0.15) is 5.26 Å². The van der Waals surface area contributed by atoms with Gasteiger partial charge >= 0.3 is 6.09 Å². The monoisotopic (exact) mass is 419 g/mol. The third-order valence-corrected chi connectivity index (χ3v) is 6.48. The number of carbonyl (C=O) groups is 2. The Bertz CT molecular complexity index is 647. The van der Waals surface area contributed by atoms with Crippen LogP contribution in [0.5, 0.6) is 0 Å². The summed E-state index contributed by atoms with van der Waals surface area (Å²) in [7, 11) is 0. The zero-order valence-electron chi connectivity index (χ0n) is 18.9. The fourth-order valence-electron chi connectivity index (χ4n) is 4.54. The Morgan fingerprint density at radius 3 is 1.90 bits per heavy atom. The van der Waals surface area contributed by atoms with Gasteiger partial charge in [0.15, 0.2) is 0 Å². The lowest BCUT2D eigenvalue weighted by atomic mass is 9.78. The standard InChI is InChI=1S/C22H37N5O3/c1-21(2,3)30-20(29)27-10-6-22(18-23,7-11-27)19(28)26-16-14-25(15-17-26)13-12-24-8-4-5-9-24/h4-17H2,1-3H3. The first-order valence-electron chi connectivity index (χ1n) is 11.4. The fourth-order valence-corrected chi connectivity index (χ4v) is 4.54. The first kappa shape index (κ1) is 22.8. The van der Waals surface area contributed by atoms with Crippen molar-refractivity contribution >= 4 is 12.0 Å². The quantitative estimate of drug-likeness (QED) is 0.691. The van der Waals surface area contributed by atoms with E-state index in [0.29, 0.717) is 39.0 Å². The fraction of sp³-hybridized carbons (Fsp3) is 0.864. The predicted octanol–water partition coefficient (Wildman–Crippen LogP) is 1.77. The van der Waals surface area contributed by atoms with E-state index in [4.69, 9.17) is 4.74 Å². The van der Waals surface area contributed by atoms with Crippen LogP contribution >= 0.6 is 0 Å². The lowest BCUT2D eigenvalue weighted by Gasteiger charge is -2.42. The molecule has 0 N–H and O–H groups in total. The number of carbonyl (C=O) groups excluding carboxylic acids is 2. The molecule has 0 aromatic heterocycles. The van der Waals surface area contributed by atoms with E-state index in [1.54, 1.807) is 4.90 Å². The van der Waals surface area contributed by atoms with Gasteiger partial charge in [0.05, 0.1) is 6.07 Å². The van der Waals surface area contributed by atoms with Crippen LogP contribution < -0.4 is 0 Å². The summed E-state index contributed by atoms with van der Waals surface area (Å²) < 4.78 is 5.43. The minimum atomic E-state index is -1.02. The van der Waals surface area contributed by atoms with E-state index in [2.05, 4.69) is 15.9 Å². The lowest BCUT2D eigenvalue weighted by molar-refractivity contribution is -0.143. The average molecular weight is 420 g/mol. The summed E-state index contributed by atoms with van der Waals surface area (Å²) in [6.45, 7) is 13.9. The smallest absolute Gasteiger partial charge is 0.410 e. The van der Waals surface area contributed by atoms with Crippen LogP contribution in [0, 0.1) is 16.7 Å². The van der Waals surface area contributed by atoms with Gasteiger partial charge in [0, 0.05) is 52.4 Å². The highest BCUT2D eigenvalue weighted by Gasteiger charge is 2.46. The number of nitrogens with zero attached hydrogens (tertiary/aromatic N) is 5. The molecule has 3 saturated heterocycles. The van der Waals surface area contributed by atoms with E-state index in [9.17, 15) is 14.9 Å². The van der Waals surface area contributed by atoms with Gasteiger partial charge in [0.1, 0.15) is 11.0 Å². The van der Waals surface area contributed by atoms with Gasteiger partial charge in [-0.3, -0.25) is 9.69 Å². The molecule has 0 aliphatic carbocycles. The summed E-state index contributed by atoms with van der Waals surface area (Å²) >= 11 is 0. The van der Waals surface area contributed by atoms with Crippen molar-refractivity contribution in [3.8, 4) is 6.07 Å². The van der Waals surface area contributed by atoms with Gasteiger partial charge in [-0.05, 0) is 59.5 Å². The summed E-state index contributed by atoms with van der Waals surface area (Å²) in [5, 5.41) is 9.86. The molecule has 3 rings (SSSR count). The van der Waals surface area contributed by atoms with Crippen LogP contribution in [0.25, 0.3) is 0 Å². The molecular weight excluding hydrogens is 382 g/mol. The van der Waals surface area contributed by atoms with Gasteiger partial charge in [0.25, 0.3) is 0 Å². The maximum Gasteiger partial charge on any atom is 0.410 e. The largest absolute Gasteiger partial charge is 0.444 e. The number of piperazine rings is 1. The Kier molecular flexibility index (Phi) is 7.25. The van der Waals surface area contributed by atoms with Gasteiger partial charge in [0.2, 0.25) is 5.91 Å². The Hall–Kier alpha value is -1.85. The minimum absolute atomic E-state index is 0.0620. The molecule has 2 amide bonds. The molecule has 0 aromatic rings. The summed E-state index contributed by atoms with van der Waals surface area (Å²) in [5.74, 6) is -0.0620. The molecule has 168 valence electrons. The molecule has 3 aliphatic rings. The highest BCUT2D eigenvalue weighted by atomic mass is 16.6. The summed E-state index contributed by atoms with van der Waals surface area (Å²) in [5.41, 5.74) is -1.57. The molecule has 0 saturated carbocycles. The van der Waals surface area contributed by atoms with Gasteiger partial charge < -0.3 is 19.4 Å². The molecule has 30 heavy (non-hydrogen) atoms. The van der Waals surface area contributed by atoms with Crippen molar-refractivity contribution in [1.29, 1.82) is 5.26 Å². The van der Waals surface area contributed by atoms with Crippen LogP contribution in [0.2, 0.25) is 0 Å². The number of rotatable bonds is 4. The minimum Gasteiger partial charge on any atom is -0.444 e. The summed E-state index contributed by atoms with van der Waals surface area (Å²) in [4.78, 5) is 33.9. The Morgan fingerprint density at radius 2 is 1.40 bits per heavy atom. The Balaban J connectivity index is 1.47. The second-order valence-corrected chi connectivity index (χ2v) is 9.84. The number of hydrogen-bond donors (Lipinski definition) is 0. The molecule has 0 radical (unpaired) electrons. The summed E-state index contributed by atoms with van der Waals surface area (Å²) in [6, 6.07) is 2.31. The first-order chi connectivity index (χ1) is 14.2. The molecule has 0 atom stereocenters. The number of amides is 2. The zero-order valence-corrected chi connectivity index (χ0v) is 18.9. The Morgan fingerprint density at radius 1 is 0.867 bits per heavy atom. The number of ether oxygens (including phenoxy) is 1. The normalized spacial score (nSPS) is 23.3. The number of piperidine rings is 1. The second kappa shape index (κ2) is 9.52. The molecule has 0 unspecified atom stereocenters. The molecule has 8 nitrogen and oxygen atoms in total. The molecule has 3 aliphatic heterocycles. The van der Waals surface area contributed by atoms with Crippen molar-refractivity contribution in [3.05, 3.63) is 0 Å². The SMILES string of the molecule is CC(C)(C)OC(=O)N1CCC(C#N)(C(=O)N2CCN(CCN3CCCC3)CC2)CC1. The first-order valence-corrected chi connectivity index (χ1v) is 11.4. The van der Waals surface area contributed by atoms with Crippen LogP contribution in [-0.4, -0.2) is 103 Å². The topological polar surface area (TPSA) is 80.1 Å². The van der Waals surface area contributed by atoms with Gasteiger partial charge in [-0.1, -0.05) is 0 Å². The van der Waals surface area contributed by atoms with Crippen molar-refractivity contribution in [2.45, 2.75) is 52.1 Å². The van der Waals surface area contributed by atoms with Crippen LogP contribution in [0.15, 0.2) is 0 Å². The molecule has 0 bridgehead atoms. The number of hydrogen-bond acceptors (Lipinski definition) is 6. The van der Waals surface area contributed by atoms with E-state index >= 15 is 0 Å². The molecule has 0 spiro atoms. The third kappa shape index (κ3) is 5.64. The lowest BCUT2D eigenvalue weighted by Crippen LogP contribution is -2.56. The Labute approximate surface area is 180 Å². The van der Waals surface area contributed by atoms with E-state index in [0.717, 1.165) is 26.2 Å². The maximum absolute atomic E-state index is 13.2. The molecule has 8 heteroatoms. The van der Waals surface area contributed by atoms with Crippen molar-refractivity contribution in [2.75, 3.05) is 65.4 Å². The molecular formula is C22H37N5O3. The van der Waals surface area contributed by atoms with Crippen molar-refractivity contribution in [3.63, 3.8) is 0 Å².